The fraction of sp³-hybridized carbons (Fsp3) is 0.500. The molecule has 0 aliphatic carbocycles. The van der Waals surface area contributed by atoms with Gasteiger partial charge in [0.25, 0.3) is 0 Å². The molecule has 1 atom stereocenters. The highest BCUT2D eigenvalue weighted by atomic mass is 32.2. The van der Waals surface area contributed by atoms with Crippen molar-refractivity contribution >= 4 is 17.7 Å². The van der Waals surface area contributed by atoms with Crippen LogP contribution in [0.15, 0.2) is 18.2 Å². The summed E-state index contributed by atoms with van der Waals surface area (Å²) in [6, 6.07) is 4.27. The molecule has 0 spiro atoms. The monoisotopic (exact) mass is 283 g/mol. The summed E-state index contributed by atoms with van der Waals surface area (Å²) in [6.45, 7) is 3.69. The molecule has 1 aliphatic rings. The Kier molecular flexibility index (Phi) is 4.47. The first kappa shape index (κ1) is 14.3. The maximum Gasteiger partial charge on any atom is 0.338 e. The minimum Gasteiger partial charge on any atom is -0.478 e. The Hall–Kier alpha value is -1.07. The molecule has 0 bridgehead atoms. The molecule has 2 N–H and O–H groups in total. The first-order chi connectivity index (χ1) is 9.00. The van der Waals surface area contributed by atoms with E-state index in [1.165, 1.54) is 30.7 Å². The zero-order chi connectivity index (χ0) is 13.9. The lowest BCUT2D eigenvalue weighted by Gasteiger charge is -2.23. The van der Waals surface area contributed by atoms with Crippen LogP contribution < -0.4 is 5.32 Å². The molecular weight excluding hydrogens is 265 g/mol. The summed E-state index contributed by atoms with van der Waals surface area (Å²) < 4.78 is 13.8. The molecule has 2 rings (SSSR count). The van der Waals surface area contributed by atoms with Crippen LogP contribution in [0.2, 0.25) is 0 Å². The van der Waals surface area contributed by atoms with E-state index in [1.807, 2.05) is 11.8 Å². The van der Waals surface area contributed by atoms with Crippen molar-refractivity contribution in [3.63, 3.8) is 0 Å². The van der Waals surface area contributed by atoms with E-state index in [9.17, 15) is 9.18 Å². The van der Waals surface area contributed by atoms with Gasteiger partial charge in [-0.3, -0.25) is 0 Å². The van der Waals surface area contributed by atoms with Crippen molar-refractivity contribution in [3.8, 4) is 0 Å². The molecular formula is C14H18FNO2S. The average molecular weight is 283 g/mol. The zero-order valence-electron chi connectivity index (χ0n) is 10.9. The van der Waals surface area contributed by atoms with Gasteiger partial charge in [0.1, 0.15) is 5.82 Å². The number of aromatic carboxylic acids is 1. The third kappa shape index (κ3) is 3.70. The van der Waals surface area contributed by atoms with Gasteiger partial charge in [-0.2, -0.15) is 11.8 Å². The third-order valence-electron chi connectivity index (χ3n) is 3.39. The van der Waals surface area contributed by atoms with Gasteiger partial charge in [-0.1, -0.05) is 6.07 Å². The molecule has 3 nitrogen and oxygen atoms in total. The molecule has 19 heavy (non-hydrogen) atoms. The molecule has 0 radical (unpaired) electrons. The number of thioether (sulfide) groups is 1. The first-order valence-corrected chi connectivity index (χ1v) is 7.35. The summed E-state index contributed by atoms with van der Waals surface area (Å²) in [7, 11) is 0. The van der Waals surface area contributed by atoms with Crippen LogP contribution in [-0.2, 0) is 6.54 Å². The Morgan fingerprint density at radius 3 is 2.95 bits per heavy atom. The topological polar surface area (TPSA) is 49.3 Å². The van der Waals surface area contributed by atoms with Crippen molar-refractivity contribution in [2.24, 2.45) is 0 Å². The highest BCUT2D eigenvalue weighted by Crippen LogP contribution is 2.36. The van der Waals surface area contributed by atoms with Gasteiger partial charge in [0.05, 0.1) is 5.56 Å². The van der Waals surface area contributed by atoms with Gasteiger partial charge in [0.15, 0.2) is 0 Å². The molecule has 1 fully saturated rings. The second-order valence-electron chi connectivity index (χ2n) is 5.12. The normalized spacial score (nSPS) is 22.6. The van der Waals surface area contributed by atoms with Crippen LogP contribution in [-0.4, -0.2) is 28.1 Å². The highest BCUT2D eigenvalue weighted by molar-refractivity contribution is 8.00. The number of nitrogens with one attached hydrogen (secondary N) is 1. The third-order valence-corrected chi connectivity index (χ3v) is 4.93. The van der Waals surface area contributed by atoms with Gasteiger partial charge in [0, 0.05) is 17.8 Å². The van der Waals surface area contributed by atoms with E-state index in [2.05, 4.69) is 12.2 Å². The Morgan fingerprint density at radius 1 is 1.58 bits per heavy atom. The van der Waals surface area contributed by atoms with E-state index in [0.717, 1.165) is 12.1 Å². The summed E-state index contributed by atoms with van der Waals surface area (Å²) in [5.41, 5.74) is 0.496. The maximum atomic E-state index is 13.5. The molecule has 1 aromatic carbocycles. The standard InChI is InChI=1S/C14H18FNO2S/c1-14(5-2-6-19-14)9-16-8-10-3-4-11(13(17)18)12(15)7-10/h3-4,7,16H,2,5-6,8-9H2,1H3,(H,17,18). The molecule has 1 aromatic rings. The minimum atomic E-state index is -1.23. The van der Waals surface area contributed by atoms with Gasteiger partial charge in [-0.25, -0.2) is 9.18 Å². The number of carboxylic acids is 1. The average Bonchev–Trinajstić information content (AvgIpc) is 2.76. The second-order valence-corrected chi connectivity index (χ2v) is 6.81. The SMILES string of the molecule is CC1(CNCc2ccc(C(=O)O)c(F)c2)CCCS1. The van der Waals surface area contributed by atoms with Crippen molar-refractivity contribution in [2.45, 2.75) is 31.1 Å². The van der Waals surface area contributed by atoms with Crippen LogP contribution in [0.25, 0.3) is 0 Å². The van der Waals surface area contributed by atoms with E-state index in [0.29, 0.717) is 6.54 Å². The number of halogens is 1. The van der Waals surface area contributed by atoms with Gasteiger partial charge in [0.2, 0.25) is 0 Å². The van der Waals surface area contributed by atoms with Crippen LogP contribution >= 0.6 is 11.8 Å². The Morgan fingerprint density at radius 2 is 2.37 bits per heavy atom. The van der Waals surface area contributed by atoms with E-state index >= 15 is 0 Å². The van der Waals surface area contributed by atoms with E-state index in [1.54, 1.807) is 6.07 Å². The number of carbonyl (C=O) groups is 1. The Bertz CT molecular complexity index is 473. The van der Waals surface area contributed by atoms with Crippen LogP contribution in [0.4, 0.5) is 4.39 Å². The molecule has 1 aliphatic heterocycles. The molecule has 0 amide bonds. The Labute approximate surface area is 116 Å². The van der Waals surface area contributed by atoms with Gasteiger partial charge >= 0.3 is 5.97 Å². The smallest absolute Gasteiger partial charge is 0.338 e. The van der Waals surface area contributed by atoms with Crippen molar-refractivity contribution in [1.82, 2.24) is 5.32 Å². The van der Waals surface area contributed by atoms with E-state index in [4.69, 9.17) is 5.11 Å². The lowest BCUT2D eigenvalue weighted by atomic mass is 10.1. The number of carboxylic acid groups (broad SMARTS) is 1. The van der Waals surface area contributed by atoms with Crippen LogP contribution in [0.5, 0.6) is 0 Å². The quantitative estimate of drug-likeness (QED) is 0.872. The number of rotatable bonds is 5. The summed E-state index contributed by atoms with van der Waals surface area (Å²) in [4.78, 5) is 10.7. The molecule has 0 aromatic heterocycles. The molecule has 104 valence electrons. The van der Waals surface area contributed by atoms with Crippen molar-refractivity contribution in [2.75, 3.05) is 12.3 Å². The second kappa shape index (κ2) is 5.92. The lowest BCUT2D eigenvalue weighted by Crippen LogP contribution is -2.32. The Balaban J connectivity index is 1.89. The molecule has 5 heteroatoms. The zero-order valence-corrected chi connectivity index (χ0v) is 11.7. The summed E-state index contributed by atoms with van der Waals surface area (Å²) in [5.74, 6) is -0.694. The lowest BCUT2D eigenvalue weighted by molar-refractivity contribution is 0.0692. The van der Waals surface area contributed by atoms with Gasteiger partial charge in [-0.15, -0.1) is 0 Å². The molecule has 1 heterocycles. The summed E-state index contributed by atoms with van der Waals surface area (Å²) >= 11 is 1.98. The number of hydrogen-bond acceptors (Lipinski definition) is 3. The van der Waals surface area contributed by atoms with Gasteiger partial charge < -0.3 is 10.4 Å². The van der Waals surface area contributed by atoms with Crippen LogP contribution in [0.1, 0.15) is 35.7 Å². The largest absolute Gasteiger partial charge is 0.478 e. The summed E-state index contributed by atoms with van der Waals surface area (Å²) in [6.07, 6.45) is 2.46. The molecule has 1 saturated heterocycles. The maximum absolute atomic E-state index is 13.5. The van der Waals surface area contributed by atoms with E-state index < -0.39 is 11.8 Å². The van der Waals surface area contributed by atoms with Crippen molar-refractivity contribution in [3.05, 3.63) is 35.1 Å². The predicted octanol–water partition coefficient (Wildman–Crippen LogP) is 2.90. The van der Waals surface area contributed by atoms with Crippen molar-refractivity contribution < 1.29 is 14.3 Å². The predicted molar refractivity (Wildman–Crippen MR) is 75.2 cm³/mol. The molecule has 0 saturated carbocycles. The fourth-order valence-corrected chi connectivity index (χ4v) is 3.56. The van der Waals surface area contributed by atoms with Gasteiger partial charge in [-0.05, 0) is 43.2 Å². The number of hydrogen-bond donors (Lipinski definition) is 2. The number of benzene rings is 1. The first-order valence-electron chi connectivity index (χ1n) is 6.37. The van der Waals surface area contributed by atoms with Crippen molar-refractivity contribution in [1.29, 1.82) is 0 Å². The minimum absolute atomic E-state index is 0.276. The van der Waals surface area contributed by atoms with E-state index in [-0.39, 0.29) is 10.3 Å². The van der Waals surface area contributed by atoms with Crippen LogP contribution in [0.3, 0.4) is 0 Å². The summed E-state index contributed by atoms with van der Waals surface area (Å²) in [5, 5.41) is 12.1. The highest BCUT2D eigenvalue weighted by Gasteiger charge is 2.28. The molecule has 1 unspecified atom stereocenters. The van der Waals surface area contributed by atoms with Crippen LogP contribution in [0, 0.1) is 5.82 Å². The fourth-order valence-electron chi connectivity index (χ4n) is 2.29.